The summed E-state index contributed by atoms with van der Waals surface area (Å²) < 4.78 is 5.54. The van der Waals surface area contributed by atoms with Crippen molar-refractivity contribution < 1.29 is 19.7 Å². The number of amides is 1. The Morgan fingerprint density at radius 3 is 2.58 bits per heavy atom. The second kappa shape index (κ2) is 7.76. The average Bonchev–Trinajstić information content (AvgIpc) is 2.42. The minimum absolute atomic E-state index is 0.300. The third kappa shape index (κ3) is 5.28. The van der Waals surface area contributed by atoms with Crippen LogP contribution in [0.5, 0.6) is 5.75 Å². The molecule has 106 valence electrons. The first-order chi connectivity index (χ1) is 9.06. The number of aliphatic hydroxyl groups excluding tert-OH is 2. The summed E-state index contributed by atoms with van der Waals surface area (Å²) in [5.74, 6) is 0.694. The largest absolute Gasteiger partial charge is 0.493 e. The lowest BCUT2D eigenvalue weighted by atomic mass is 10.2. The van der Waals surface area contributed by atoms with Crippen molar-refractivity contribution in [3.05, 3.63) is 29.8 Å². The zero-order chi connectivity index (χ0) is 14.3. The third-order valence-electron chi connectivity index (χ3n) is 2.46. The molecule has 0 aliphatic carbocycles. The number of ether oxygens (including phenoxy) is 1. The van der Waals surface area contributed by atoms with Gasteiger partial charge >= 0.3 is 0 Å². The highest BCUT2D eigenvalue weighted by Crippen LogP contribution is 2.14. The second-order valence-corrected chi connectivity index (χ2v) is 4.77. The maximum atomic E-state index is 11.9. The Kier molecular flexibility index (Phi) is 6.32. The maximum absolute atomic E-state index is 11.9. The highest BCUT2D eigenvalue weighted by atomic mass is 16.5. The zero-order valence-corrected chi connectivity index (χ0v) is 11.3. The van der Waals surface area contributed by atoms with Crippen molar-refractivity contribution in [1.29, 1.82) is 0 Å². The first-order valence-corrected chi connectivity index (χ1v) is 6.32. The van der Waals surface area contributed by atoms with E-state index in [9.17, 15) is 4.79 Å². The van der Waals surface area contributed by atoms with Crippen molar-refractivity contribution in [3.8, 4) is 5.75 Å². The van der Waals surface area contributed by atoms with Crippen LogP contribution in [0.15, 0.2) is 24.3 Å². The van der Waals surface area contributed by atoms with Crippen LogP contribution in [0, 0.1) is 5.92 Å². The fourth-order valence-electron chi connectivity index (χ4n) is 1.41. The molecule has 0 radical (unpaired) electrons. The third-order valence-corrected chi connectivity index (χ3v) is 2.46. The number of hydrogen-bond donors (Lipinski definition) is 3. The number of hydrogen-bond acceptors (Lipinski definition) is 4. The van der Waals surface area contributed by atoms with E-state index in [1.807, 2.05) is 13.8 Å². The van der Waals surface area contributed by atoms with Crippen LogP contribution in [0.2, 0.25) is 0 Å². The maximum Gasteiger partial charge on any atom is 0.251 e. The van der Waals surface area contributed by atoms with Crippen molar-refractivity contribution in [2.45, 2.75) is 19.9 Å². The number of aliphatic hydroxyl groups is 2. The predicted molar refractivity (Wildman–Crippen MR) is 72.2 cm³/mol. The summed E-state index contributed by atoms with van der Waals surface area (Å²) >= 11 is 0. The number of nitrogens with one attached hydrogen (secondary N) is 1. The molecule has 0 bridgehead atoms. The Morgan fingerprint density at radius 1 is 1.32 bits per heavy atom. The molecule has 0 heterocycles. The molecule has 0 aromatic heterocycles. The van der Waals surface area contributed by atoms with E-state index in [-0.39, 0.29) is 19.1 Å². The lowest BCUT2D eigenvalue weighted by molar-refractivity contribution is 0.0879. The highest BCUT2D eigenvalue weighted by molar-refractivity contribution is 5.94. The van der Waals surface area contributed by atoms with Crippen LogP contribution in [0.3, 0.4) is 0 Å². The molecule has 0 unspecified atom stereocenters. The molecule has 19 heavy (non-hydrogen) atoms. The summed E-state index contributed by atoms with van der Waals surface area (Å²) in [6.07, 6.45) is 0. The van der Waals surface area contributed by atoms with Gasteiger partial charge in [0.15, 0.2) is 0 Å². The molecule has 0 atom stereocenters. The van der Waals surface area contributed by atoms with E-state index in [1.54, 1.807) is 24.3 Å². The molecule has 1 aromatic carbocycles. The van der Waals surface area contributed by atoms with Crippen LogP contribution < -0.4 is 10.1 Å². The normalized spacial score (nSPS) is 10.8. The molecule has 0 saturated heterocycles. The minimum Gasteiger partial charge on any atom is -0.493 e. The van der Waals surface area contributed by atoms with E-state index in [0.29, 0.717) is 23.8 Å². The lowest BCUT2D eigenvalue weighted by Gasteiger charge is -2.14. The van der Waals surface area contributed by atoms with Crippen LogP contribution in [-0.4, -0.2) is 42.0 Å². The number of carbonyl (C=O) groups is 1. The summed E-state index contributed by atoms with van der Waals surface area (Å²) in [7, 11) is 0. The van der Waals surface area contributed by atoms with Gasteiger partial charge < -0.3 is 20.3 Å². The van der Waals surface area contributed by atoms with Crippen LogP contribution in [0.4, 0.5) is 0 Å². The molecule has 3 N–H and O–H groups in total. The summed E-state index contributed by atoms with van der Waals surface area (Å²) in [5, 5.41) is 20.4. The van der Waals surface area contributed by atoms with E-state index in [1.165, 1.54) is 0 Å². The van der Waals surface area contributed by atoms with Crippen LogP contribution in [0.1, 0.15) is 24.2 Å². The predicted octanol–water partition coefficient (Wildman–Crippen LogP) is 0.804. The topological polar surface area (TPSA) is 78.8 Å². The van der Waals surface area contributed by atoms with Crippen molar-refractivity contribution in [3.63, 3.8) is 0 Å². The van der Waals surface area contributed by atoms with Crippen molar-refractivity contribution >= 4 is 5.91 Å². The molecule has 1 aromatic rings. The van der Waals surface area contributed by atoms with Crippen molar-refractivity contribution in [2.24, 2.45) is 5.92 Å². The Morgan fingerprint density at radius 2 is 2.00 bits per heavy atom. The van der Waals surface area contributed by atoms with Gasteiger partial charge in [-0.1, -0.05) is 19.9 Å². The van der Waals surface area contributed by atoms with Gasteiger partial charge in [0.2, 0.25) is 0 Å². The van der Waals surface area contributed by atoms with Gasteiger partial charge in [0, 0.05) is 5.56 Å². The molecule has 0 spiro atoms. The molecular weight excluding hydrogens is 246 g/mol. The average molecular weight is 267 g/mol. The Labute approximate surface area is 113 Å². The molecule has 0 aliphatic heterocycles. The monoisotopic (exact) mass is 267 g/mol. The van der Waals surface area contributed by atoms with E-state index >= 15 is 0 Å². The SMILES string of the molecule is CC(C)COc1cccc(C(=O)NC(CO)CO)c1. The van der Waals surface area contributed by atoms with E-state index in [0.717, 1.165) is 0 Å². The Balaban J connectivity index is 2.67. The summed E-state index contributed by atoms with van der Waals surface area (Å²) in [6.45, 7) is 4.08. The van der Waals surface area contributed by atoms with E-state index < -0.39 is 6.04 Å². The van der Waals surface area contributed by atoms with Gasteiger partial charge in [0.1, 0.15) is 5.75 Å². The molecular formula is C14H21NO4. The van der Waals surface area contributed by atoms with Crippen LogP contribution >= 0.6 is 0 Å². The quantitative estimate of drug-likeness (QED) is 0.683. The van der Waals surface area contributed by atoms with E-state index in [2.05, 4.69) is 5.32 Å². The second-order valence-electron chi connectivity index (χ2n) is 4.77. The van der Waals surface area contributed by atoms with Gasteiger partial charge in [0.25, 0.3) is 5.91 Å². The van der Waals surface area contributed by atoms with E-state index in [4.69, 9.17) is 14.9 Å². The van der Waals surface area contributed by atoms with Gasteiger partial charge in [0.05, 0.1) is 25.9 Å². The molecule has 5 nitrogen and oxygen atoms in total. The highest BCUT2D eigenvalue weighted by Gasteiger charge is 2.12. The first kappa shape index (κ1) is 15.5. The standard InChI is InChI=1S/C14H21NO4/c1-10(2)9-19-13-5-3-4-11(6-13)14(18)15-12(7-16)8-17/h3-6,10,12,16-17H,7-9H2,1-2H3,(H,15,18). The Hall–Kier alpha value is -1.59. The fourth-order valence-corrected chi connectivity index (χ4v) is 1.41. The molecule has 1 rings (SSSR count). The first-order valence-electron chi connectivity index (χ1n) is 6.32. The van der Waals surface area contributed by atoms with Crippen molar-refractivity contribution in [2.75, 3.05) is 19.8 Å². The van der Waals surface area contributed by atoms with Crippen LogP contribution in [-0.2, 0) is 0 Å². The Bertz CT molecular complexity index is 402. The van der Waals surface area contributed by atoms with Gasteiger partial charge in [-0.25, -0.2) is 0 Å². The van der Waals surface area contributed by atoms with Gasteiger partial charge in [-0.05, 0) is 24.1 Å². The van der Waals surface area contributed by atoms with Gasteiger partial charge in [-0.15, -0.1) is 0 Å². The minimum atomic E-state index is -0.646. The lowest BCUT2D eigenvalue weighted by Crippen LogP contribution is -2.40. The summed E-state index contributed by atoms with van der Waals surface area (Å²) in [6, 6.07) is 6.17. The van der Waals surface area contributed by atoms with Gasteiger partial charge in [-0.2, -0.15) is 0 Å². The number of rotatable bonds is 7. The summed E-state index contributed by atoms with van der Waals surface area (Å²) in [4.78, 5) is 11.9. The smallest absolute Gasteiger partial charge is 0.251 e. The zero-order valence-electron chi connectivity index (χ0n) is 11.3. The summed E-state index contributed by atoms with van der Waals surface area (Å²) in [5.41, 5.74) is 0.438. The number of benzene rings is 1. The molecule has 1 amide bonds. The number of carbonyl (C=O) groups excluding carboxylic acids is 1. The fraction of sp³-hybridized carbons (Fsp3) is 0.500. The molecule has 5 heteroatoms. The molecule has 0 fully saturated rings. The van der Waals surface area contributed by atoms with Crippen molar-refractivity contribution in [1.82, 2.24) is 5.32 Å². The van der Waals surface area contributed by atoms with Gasteiger partial charge in [-0.3, -0.25) is 4.79 Å². The molecule has 0 aliphatic rings. The molecule has 0 saturated carbocycles. The van der Waals surface area contributed by atoms with Crippen LogP contribution in [0.25, 0.3) is 0 Å².